The number of fused-ring (bicyclic) bond motifs is 7. The van der Waals surface area contributed by atoms with Gasteiger partial charge in [0.15, 0.2) is 0 Å². The third-order valence-electron chi connectivity index (χ3n) is 5.25. The molecule has 2 heterocycles. The molecule has 4 N–H and O–H groups in total. The molecular weight excluding hydrogens is 480 g/mol. The van der Waals surface area contributed by atoms with Crippen LogP contribution in [0.1, 0.15) is 40.5 Å². The lowest BCUT2D eigenvalue weighted by Gasteiger charge is -2.27. The van der Waals surface area contributed by atoms with Crippen molar-refractivity contribution in [2.45, 2.75) is 64.8 Å². The van der Waals surface area contributed by atoms with E-state index in [1.54, 1.807) is 33.8 Å². The van der Waals surface area contributed by atoms with E-state index in [-0.39, 0.29) is 30.6 Å². The van der Waals surface area contributed by atoms with Gasteiger partial charge in [-0.25, -0.2) is 4.79 Å². The molecule has 34 heavy (non-hydrogen) atoms. The third-order valence-corrected chi connectivity index (χ3v) is 7.70. The Morgan fingerprint density at radius 2 is 1.56 bits per heavy atom. The molecule has 2 aliphatic rings. The van der Waals surface area contributed by atoms with Gasteiger partial charge in [-0.05, 0) is 24.3 Å². The smallest absolute Gasteiger partial charge is 0.329 e. The number of esters is 1. The number of rotatable bonds is 2. The van der Waals surface area contributed by atoms with Gasteiger partial charge >= 0.3 is 5.97 Å². The number of nitrogens with one attached hydrogen (secondary N) is 4. The fourth-order valence-electron chi connectivity index (χ4n) is 3.32. The van der Waals surface area contributed by atoms with Gasteiger partial charge in [0.1, 0.15) is 24.2 Å². The van der Waals surface area contributed by atoms with Crippen LogP contribution < -0.4 is 21.3 Å². The summed E-state index contributed by atoms with van der Waals surface area (Å²) < 4.78 is 5.60. The molecule has 0 saturated carbocycles. The summed E-state index contributed by atoms with van der Waals surface area (Å²) in [6.45, 7) is 6.73. The van der Waals surface area contributed by atoms with Crippen LogP contribution in [0.5, 0.6) is 0 Å². The average molecular weight is 515 g/mol. The van der Waals surface area contributed by atoms with Crippen LogP contribution in [0.25, 0.3) is 0 Å². The lowest BCUT2D eigenvalue weighted by atomic mass is 10.0. The fourth-order valence-corrected chi connectivity index (χ4v) is 5.47. The molecule has 1 saturated heterocycles. The van der Waals surface area contributed by atoms with Crippen molar-refractivity contribution in [2.24, 2.45) is 11.8 Å². The molecule has 2 rings (SSSR count). The third kappa shape index (κ3) is 8.86. The number of carbonyl (C=O) groups is 5. The van der Waals surface area contributed by atoms with Crippen molar-refractivity contribution < 1.29 is 28.7 Å². The molecule has 0 aliphatic carbocycles. The summed E-state index contributed by atoms with van der Waals surface area (Å²) in [5.41, 5.74) is 0. The van der Waals surface area contributed by atoms with Crippen molar-refractivity contribution >= 4 is 51.2 Å². The van der Waals surface area contributed by atoms with Crippen LogP contribution in [0.2, 0.25) is 0 Å². The topological polar surface area (TPSA) is 143 Å². The lowest BCUT2D eigenvalue weighted by Crippen LogP contribution is -2.57. The zero-order valence-corrected chi connectivity index (χ0v) is 21.6. The Morgan fingerprint density at radius 1 is 0.882 bits per heavy atom. The van der Waals surface area contributed by atoms with E-state index in [0.717, 1.165) is 5.75 Å². The van der Waals surface area contributed by atoms with Crippen LogP contribution >= 0.6 is 21.6 Å². The molecule has 4 amide bonds. The minimum absolute atomic E-state index is 0.177. The Balaban J connectivity index is 2.45. The van der Waals surface area contributed by atoms with Gasteiger partial charge in [0.2, 0.25) is 23.6 Å². The summed E-state index contributed by atoms with van der Waals surface area (Å²) in [6.07, 6.45) is 3.13. The number of ether oxygens (including phenoxy) is 1. The SMILES string of the molecule is CC(C)C1NC(=O)CC2/C=C\CCSSCC(NC1=O)C(=O)NCC(=O)NC(C(C)C)C(=O)O2. The molecule has 2 bridgehead atoms. The quantitative estimate of drug-likeness (QED) is 0.237. The van der Waals surface area contributed by atoms with E-state index in [9.17, 15) is 24.0 Å². The Kier molecular flexibility index (Phi) is 11.2. The Bertz CT molecular complexity index is 804. The molecule has 4 unspecified atom stereocenters. The van der Waals surface area contributed by atoms with Crippen LogP contribution in [-0.2, 0) is 28.7 Å². The highest BCUT2D eigenvalue weighted by molar-refractivity contribution is 8.76. The van der Waals surface area contributed by atoms with Gasteiger partial charge in [-0.1, -0.05) is 55.4 Å². The van der Waals surface area contributed by atoms with Gasteiger partial charge in [-0.15, -0.1) is 0 Å². The standard InChI is InChI=1S/C22H34N4O6S2/c1-12(2)18-21(30)24-15-11-34-33-8-6-5-7-14(9-16(27)25-18)32-22(31)19(13(3)4)26-17(28)10-23-20(15)29/h5,7,12-15,18-19H,6,8-11H2,1-4H3,(H,23,29)(H,24,30)(H,25,27)(H,26,28)/b7-5-. The Morgan fingerprint density at radius 3 is 2.24 bits per heavy atom. The van der Waals surface area contributed by atoms with Gasteiger partial charge in [-0.2, -0.15) is 0 Å². The molecular formula is C22H34N4O6S2. The maximum Gasteiger partial charge on any atom is 0.329 e. The summed E-state index contributed by atoms with van der Waals surface area (Å²) in [5, 5.41) is 10.6. The molecule has 0 aromatic carbocycles. The van der Waals surface area contributed by atoms with E-state index in [2.05, 4.69) is 21.3 Å². The number of carbonyl (C=O) groups excluding carboxylic acids is 5. The summed E-state index contributed by atoms with van der Waals surface area (Å²) >= 11 is 0. The van der Waals surface area contributed by atoms with E-state index in [1.807, 2.05) is 6.08 Å². The van der Waals surface area contributed by atoms with E-state index >= 15 is 0 Å². The van der Waals surface area contributed by atoms with Gasteiger partial charge < -0.3 is 26.0 Å². The van der Waals surface area contributed by atoms with Crippen LogP contribution in [0.3, 0.4) is 0 Å². The monoisotopic (exact) mass is 514 g/mol. The maximum absolute atomic E-state index is 13.0. The zero-order chi connectivity index (χ0) is 25.3. The number of amides is 4. The highest BCUT2D eigenvalue weighted by Crippen LogP contribution is 2.23. The van der Waals surface area contributed by atoms with Crippen LogP contribution in [0.4, 0.5) is 0 Å². The molecule has 12 heteroatoms. The molecule has 2 aliphatic heterocycles. The Labute approximate surface area is 207 Å². The molecule has 0 aromatic heterocycles. The van der Waals surface area contributed by atoms with Gasteiger partial charge in [-0.3, -0.25) is 19.2 Å². The largest absolute Gasteiger partial charge is 0.456 e. The maximum atomic E-state index is 13.0. The molecule has 0 radical (unpaired) electrons. The highest BCUT2D eigenvalue weighted by Gasteiger charge is 2.32. The predicted octanol–water partition coefficient (Wildman–Crippen LogP) is 0.526. The summed E-state index contributed by atoms with van der Waals surface area (Å²) in [5.74, 6) is -2.24. The zero-order valence-electron chi connectivity index (χ0n) is 19.9. The second kappa shape index (κ2) is 13.6. The van der Waals surface area contributed by atoms with Crippen molar-refractivity contribution in [3.05, 3.63) is 12.2 Å². The second-order valence-corrected chi connectivity index (χ2v) is 11.5. The average Bonchev–Trinajstić information content (AvgIpc) is 2.76. The first kappa shape index (κ1) is 28.0. The summed E-state index contributed by atoms with van der Waals surface area (Å²) in [6, 6.07) is -2.73. The predicted molar refractivity (Wildman–Crippen MR) is 132 cm³/mol. The molecule has 0 aromatic rings. The summed E-state index contributed by atoms with van der Waals surface area (Å²) in [4.78, 5) is 64.0. The first-order valence-corrected chi connectivity index (χ1v) is 13.9. The fraction of sp³-hybridized carbons (Fsp3) is 0.682. The second-order valence-electron chi connectivity index (χ2n) is 8.86. The first-order valence-electron chi connectivity index (χ1n) is 11.4. The van der Waals surface area contributed by atoms with Gasteiger partial charge in [0.25, 0.3) is 0 Å². The van der Waals surface area contributed by atoms with Gasteiger partial charge in [0.05, 0.1) is 13.0 Å². The normalized spacial score (nSPS) is 29.4. The van der Waals surface area contributed by atoms with E-state index in [0.29, 0.717) is 6.42 Å². The van der Waals surface area contributed by atoms with E-state index in [1.165, 1.54) is 21.6 Å². The molecule has 1 fully saturated rings. The molecule has 190 valence electrons. The van der Waals surface area contributed by atoms with Crippen molar-refractivity contribution in [1.29, 1.82) is 0 Å². The van der Waals surface area contributed by atoms with Crippen molar-refractivity contribution in [2.75, 3.05) is 18.1 Å². The first-order chi connectivity index (χ1) is 16.1. The summed E-state index contributed by atoms with van der Waals surface area (Å²) in [7, 11) is 2.97. The molecule has 4 atom stereocenters. The van der Waals surface area contributed by atoms with Crippen LogP contribution in [-0.4, -0.2) is 71.9 Å². The van der Waals surface area contributed by atoms with Crippen LogP contribution in [0.15, 0.2) is 12.2 Å². The number of allylic oxidation sites excluding steroid dienone is 1. The van der Waals surface area contributed by atoms with E-state index < -0.39 is 53.8 Å². The molecule has 0 spiro atoms. The Hall–Kier alpha value is -2.21. The van der Waals surface area contributed by atoms with Crippen molar-refractivity contribution in [1.82, 2.24) is 21.3 Å². The minimum Gasteiger partial charge on any atom is -0.456 e. The van der Waals surface area contributed by atoms with Crippen molar-refractivity contribution in [3.63, 3.8) is 0 Å². The molecule has 10 nitrogen and oxygen atoms in total. The lowest BCUT2D eigenvalue weighted by molar-refractivity contribution is -0.153. The van der Waals surface area contributed by atoms with Crippen molar-refractivity contribution in [3.8, 4) is 0 Å². The minimum atomic E-state index is -0.947. The number of hydrogen-bond acceptors (Lipinski definition) is 8. The van der Waals surface area contributed by atoms with Crippen LogP contribution in [0, 0.1) is 11.8 Å². The van der Waals surface area contributed by atoms with E-state index in [4.69, 9.17) is 4.74 Å². The van der Waals surface area contributed by atoms with Gasteiger partial charge in [0, 0.05) is 11.5 Å². The highest BCUT2D eigenvalue weighted by atomic mass is 33.1. The number of hydrogen-bond donors (Lipinski definition) is 4.